The Labute approximate surface area is 165 Å². The van der Waals surface area contributed by atoms with Crippen molar-refractivity contribution in [3.05, 3.63) is 64.7 Å². The first-order valence-corrected chi connectivity index (χ1v) is 9.57. The van der Waals surface area contributed by atoms with Crippen molar-refractivity contribution < 1.29 is 14.4 Å². The monoisotopic (exact) mass is 386 g/mol. The van der Waals surface area contributed by atoms with E-state index in [1.807, 2.05) is 36.4 Å². The molecule has 1 saturated heterocycles. The van der Waals surface area contributed by atoms with Crippen LogP contribution in [0.2, 0.25) is 5.02 Å². The molecule has 0 radical (unpaired) electrons. The van der Waals surface area contributed by atoms with Crippen molar-refractivity contribution >= 4 is 23.7 Å². The number of halogens is 1. The first-order valence-electron chi connectivity index (χ1n) is 9.19. The predicted octanol–water partition coefficient (Wildman–Crippen LogP) is 2.29. The number of carbonyl (C=O) groups is 1. The summed E-state index contributed by atoms with van der Waals surface area (Å²) in [5, 5.41) is 4.85. The smallest absolute Gasteiger partial charge is 0.243 e. The fraction of sp³-hybridized carbons (Fsp3) is 0.333. The van der Waals surface area contributed by atoms with Gasteiger partial charge in [-0.3, -0.25) is 4.79 Å². The largest absolute Gasteiger partial charge is 0.497 e. The summed E-state index contributed by atoms with van der Waals surface area (Å²) >= 11 is 5.94. The summed E-state index contributed by atoms with van der Waals surface area (Å²) in [5.74, 6) is 0.794. The number of rotatable bonds is 6. The van der Waals surface area contributed by atoms with Crippen LogP contribution in [0.5, 0.6) is 5.75 Å². The summed E-state index contributed by atoms with van der Waals surface area (Å²) in [4.78, 5) is 13.8. The third kappa shape index (κ3) is 5.81. The van der Waals surface area contributed by atoms with Gasteiger partial charge in [0.2, 0.25) is 5.91 Å². The lowest BCUT2D eigenvalue weighted by atomic mass is 9.96. The maximum absolute atomic E-state index is 12.3. The number of amides is 1. The standard InChI is InChI=1S/C21H24ClN3O2/c1-27-20-4-2-3-17(13-20)14-23-24-21(26)18-9-11-25(12-10-18)15-16-5-7-19(22)8-6-16/h2-8,13-14,18H,9-12,15H2,1H3,(H,24,26)/p+1/b23-14-. The molecule has 6 heteroatoms. The van der Waals surface area contributed by atoms with E-state index in [1.54, 1.807) is 13.3 Å². The summed E-state index contributed by atoms with van der Waals surface area (Å²) in [5.41, 5.74) is 4.84. The van der Waals surface area contributed by atoms with Gasteiger partial charge in [0, 0.05) is 23.4 Å². The molecule has 0 aromatic heterocycles. The third-order valence-electron chi connectivity index (χ3n) is 4.91. The van der Waals surface area contributed by atoms with E-state index in [4.69, 9.17) is 16.3 Å². The Balaban J connectivity index is 1.44. The molecule has 1 aliphatic heterocycles. The second-order valence-corrected chi connectivity index (χ2v) is 7.27. The molecular weight excluding hydrogens is 362 g/mol. The van der Waals surface area contributed by atoms with Crippen LogP contribution in [0, 0.1) is 5.92 Å². The first-order chi connectivity index (χ1) is 13.1. The average molecular weight is 387 g/mol. The van der Waals surface area contributed by atoms with Gasteiger partial charge < -0.3 is 9.64 Å². The zero-order chi connectivity index (χ0) is 19.1. The molecular formula is C21H25ClN3O2+. The fourth-order valence-corrected chi connectivity index (χ4v) is 3.47. The summed E-state index contributed by atoms with van der Waals surface area (Å²) in [6.45, 7) is 2.94. The van der Waals surface area contributed by atoms with Crippen molar-refractivity contribution in [3.63, 3.8) is 0 Å². The Morgan fingerprint density at radius 2 is 2.00 bits per heavy atom. The number of nitrogens with one attached hydrogen (secondary N) is 2. The topological polar surface area (TPSA) is 55.1 Å². The van der Waals surface area contributed by atoms with Crippen LogP contribution in [0.1, 0.15) is 24.0 Å². The number of methoxy groups -OCH3 is 1. The van der Waals surface area contributed by atoms with Crippen LogP contribution in [-0.2, 0) is 11.3 Å². The predicted molar refractivity (Wildman–Crippen MR) is 107 cm³/mol. The molecule has 142 valence electrons. The van der Waals surface area contributed by atoms with E-state index < -0.39 is 0 Å². The number of benzene rings is 2. The molecule has 2 N–H and O–H groups in total. The van der Waals surface area contributed by atoms with E-state index in [9.17, 15) is 4.79 Å². The summed E-state index contributed by atoms with van der Waals surface area (Å²) in [7, 11) is 1.62. The number of ether oxygens (including phenoxy) is 1. The molecule has 3 rings (SSSR count). The van der Waals surface area contributed by atoms with Crippen molar-refractivity contribution in [1.82, 2.24) is 5.43 Å². The lowest BCUT2D eigenvalue weighted by Gasteiger charge is -2.28. The lowest BCUT2D eigenvalue weighted by Crippen LogP contribution is -3.11. The Kier molecular flexibility index (Phi) is 6.85. The van der Waals surface area contributed by atoms with Gasteiger partial charge >= 0.3 is 0 Å². The second-order valence-electron chi connectivity index (χ2n) is 6.84. The highest BCUT2D eigenvalue weighted by Crippen LogP contribution is 2.12. The molecule has 0 atom stereocenters. The number of hydrogen-bond donors (Lipinski definition) is 2. The normalized spacial score (nSPS) is 19.8. The van der Waals surface area contributed by atoms with Gasteiger partial charge in [0.05, 0.1) is 32.3 Å². The zero-order valence-electron chi connectivity index (χ0n) is 15.5. The number of nitrogens with zero attached hydrogens (tertiary/aromatic N) is 1. The van der Waals surface area contributed by atoms with E-state index in [-0.39, 0.29) is 11.8 Å². The van der Waals surface area contributed by atoms with Crippen LogP contribution in [0.15, 0.2) is 53.6 Å². The fourth-order valence-electron chi connectivity index (χ4n) is 3.34. The van der Waals surface area contributed by atoms with Crippen LogP contribution >= 0.6 is 11.6 Å². The van der Waals surface area contributed by atoms with Gasteiger partial charge in [-0.1, -0.05) is 35.9 Å². The molecule has 5 nitrogen and oxygen atoms in total. The number of hydrogen-bond acceptors (Lipinski definition) is 3. The van der Waals surface area contributed by atoms with Gasteiger partial charge in [0.25, 0.3) is 0 Å². The Morgan fingerprint density at radius 1 is 1.26 bits per heavy atom. The van der Waals surface area contributed by atoms with Crippen LogP contribution in [0.3, 0.4) is 0 Å². The number of hydrazone groups is 1. The van der Waals surface area contributed by atoms with Crippen LogP contribution in [-0.4, -0.2) is 32.3 Å². The van der Waals surface area contributed by atoms with Crippen molar-refractivity contribution in [2.45, 2.75) is 19.4 Å². The molecule has 1 amide bonds. The molecule has 27 heavy (non-hydrogen) atoms. The highest BCUT2D eigenvalue weighted by Gasteiger charge is 2.27. The summed E-state index contributed by atoms with van der Waals surface area (Å²) in [6.07, 6.45) is 3.40. The minimum absolute atomic E-state index is 0.000288. The van der Waals surface area contributed by atoms with Gasteiger partial charge in [0.1, 0.15) is 12.3 Å². The first kappa shape index (κ1) is 19.4. The zero-order valence-corrected chi connectivity index (χ0v) is 16.2. The number of carbonyl (C=O) groups excluding carboxylic acids is 1. The van der Waals surface area contributed by atoms with E-state index in [2.05, 4.69) is 22.7 Å². The molecule has 0 saturated carbocycles. The van der Waals surface area contributed by atoms with Crippen molar-refractivity contribution in [2.75, 3.05) is 20.2 Å². The third-order valence-corrected chi connectivity index (χ3v) is 5.17. The van der Waals surface area contributed by atoms with Gasteiger partial charge in [-0.2, -0.15) is 5.10 Å². The highest BCUT2D eigenvalue weighted by molar-refractivity contribution is 6.30. The summed E-state index contributed by atoms with van der Waals surface area (Å²) in [6, 6.07) is 15.5. The summed E-state index contributed by atoms with van der Waals surface area (Å²) < 4.78 is 5.18. The van der Waals surface area contributed by atoms with Crippen LogP contribution in [0.25, 0.3) is 0 Å². The van der Waals surface area contributed by atoms with Crippen molar-refractivity contribution in [2.24, 2.45) is 11.0 Å². The quantitative estimate of drug-likeness (QED) is 0.591. The highest BCUT2D eigenvalue weighted by atomic mass is 35.5. The molecule has 0 unspecified atom stereocenters. The lowest BCUT2D eigenvalue weighted by molar-refractivity contribution is -0.919. The van der Waals surface area contributed by atoms with E-state index in [0.29, 0.717) is 0 Å². The van der Waals surface area contributed by atoms with E-state index in [1.165, 1.54) is 10.5 Å². The minimum Gasteiger partial charge on any atom is -0.497 e. The number of quaternary nitrogens is 1. The average Bonchev–Trinajstić information content (AvgIpc) is 2.70. The van der Waals surface area contributed by atoms with Gasteiger partial charge in [-0.25, -0.2) is 5.43 Å². The molecule has 1 aliphatic rings. The molecule has 1 fully saturated rings. The SMILES string of the molecule is COc1cccc(/C=N\NC(=O)C2CC[NH+](Cc3ccc(Cl)cc3)CC2)c1. The maximum Gasteiger partial charge on any atom is 0.243 e. The molecule has 1 heterocycles. The molecule has 2 aromatic carbocycles. The van der Waals surface area contributed by atoms with E-state index >= 15 is 0 Å². The second kappa shape index (κ2) is 9.53. The van der Waals surface area contributed by atoms with Gasteiger partial charge in [0.15, 0.2) is 0 Å². The molecule has 0 bridgehead atoms. The van der Waals surface area contributed by atoms with Gasteiger partial charge in [-0.05, 0) is 29.8 Å². The van der Waals surface area contributed by atoms with Gasteiger partial charge in [-0.15, -0.1) is 0 Å². The number of piperidine rings is 1. The van der Waals surface area contributed by atoms with Crippen molar-refractivity contribution in [3.8, 4) is 5.75 Å². The van der Waals surface area contributed by atoms with Crippen molar-refractivity contribution in [1.29, 1.82) is 0 Å². The molecule has 2 aromatic rings. The van der Waals surface area contributed by atoms with E-state index in [0.717, 1.165) is 48.8 Å². The van der Waals surface area contributed by atoms with Crippen LogP contribution < -0.4 is 15.1 Å². The minimum atomic E-state index is -0.000288. The molecule has 0 spiro atoms. The Hall–Kier alpha value is -2.37. The molecule has 0 aliphatic carbocycles. The maximum atomic E-state index is 12.3. The number of likely N-dealkylation sites (tertiary alicyclic amines) is 1. The Morgan fingerprint density at radius 3 is 2.70 bits per heavy atom. The van der Waals surface area contributed by atoms with Crippen LogP contribution in [0.4, 0.5) is 0 Å². The Bertz CT molecular complexity index is 784.